The Hall–Kier alpha value is -0.860. The summed E-state index contributed by atoms with van der Waals surface area (Å²) in [6.45, 7) is 7.63. The molecule has 0 atom stereocenters. The van der Waals surface area contributed by atoms with Gasteiger partial charge < -0.3 is 15.8 Å². The van der Waals surface area contributed by atoms with Crippen molar-refractivity contribution >= 4 is 15.9 Å². The van der Waals surface area contributed by atoms with Crippen LogP contribution in [0.5, 0.6) is 0 Å². The zero-order valence-electron chi connectivity index (χ0n) is 13.2. The molecule has 0 saturated carbocycles. The number of amidine groups is 1. The van der Waals surface area contributed by atoms with Gasteiger partial charge in [0.25, 0.3) is 0 Å². The van der Waals surface area contributed by atoms with E-state index in [1.54, 1.807) is 0 Å². The number of nitrogens with two attached hydrogens (primary N) is 1. The van der Waals surface area contributed by atoms with Gasteiger partial charge in [0.2, 0.25) is 10.0 Å². The predicted molar refractivity (Wildman–Crippen MR) is 83.9 cm³/mol. The molecule has 1 aliphatic rings. The standard InChI is InChI=1S/C13H28N4O3S/c1-13(2,12(14)15-18)6-4-5-7-16-8-10-17(11-9-16)21(3,19)20/h18H,4-11H2,1-3H3,(H2,14,15). The van der Waals surface area contributed by atoms with Crippen LogP contribution in [0.4, 0.5) is 0 Å². The second kappa shape index (κ2) is 7.42. The van der Waals surface area contributed by atoms with Crippen LogP contribution in [-0.2, 0) is 10.0 Å². The molecule has 1 heterocycles. The van der Waals surface area contributed by atoms with Crippen LogP contribution in [0.1, 0.15) is 33.1 Å². The number of sulfonamides is 1. The van der Waals surface area contributed by atoms with Gasteiger partial charge in [-0.15, -0.1) is 0 Å². The van der Waals surface area contributed by atoms with Gasteiger partial charge in [-0.05, 0) is 19.4 Å². The molecule has 0 amide bonds. The molecule has 0 spiro atoms. The maximum Gasteiger partial charge on any atom is 0.211 e. The largest absolute Gasteiger partial charge is 0.409 e. The second-order valence-corrected chi connectivity index (χ2v) is 8.31. The van der Waals surface area contributed by atoms with Gasteiger partial charge in [0.05, 0.1) is 6.26 Å². The van der Waals surface area contributed by atoms with Crippen molar-refractivity contribution in [3.05, 3.63) is 0 Å². The minimum absolute atomic E-state index is 0.268. The van der Waals surface area contributed by atoms with Crippen molar-refractivity contribution in [3.63, 3.8) is 0 Å². The molecule has 0 aliphatic carbocycles. The third kappa shape index (κ3) is 5.80. The molecule has 0 aromatic heterocycles. The summed E-state index contributed by atoms with van der Waals surface area (Å²) in [5.41, 5.74) is 5.37. The predicted octanol–water partition coefficient (Wildman–Crippen LogP) is 0.507. The number of hydrogen-bond acceptors (Lipinski definition) is 5. The van der Waals surface area contributed by atoms with Crippen LogP contribution in [0.2, 0.25) is 0 Å². The van der Waals surface area contributed by atoms with Crippen molar-refractivity contribution in [1.82, 2.24) is 9.21 Å². The summed E-state index contributed by atoms with van der Waals surface area (Å²) in [6.07, 6.45) is 4.15. The molecule has 124 valence electrons. The molecule has 0 bridgehead atoms. The zero-order valence-corrected chi connectivity index (χ0v) is 14.1. The fraction of sp³-hybridized carbons (Fsp3) is 0.923. The van der Waals surface area contributed by atoms with Gasteiger partial charge in [0.1, 0.15) is 5.84 Å². The van der Waals surface area contributed by atoms with Crippen molar-refractivity contribution in [2.24, 2.45) is 16.3 Å². The molecule has 0 radical (unpaired) electrons. The number of rotatable bonds is 7. The van der Waals surface area contributed by atoms with E-state index in [2.05, 4.69) is 10.1 Å². The topological polar surface area (TPSA) is 99.2 Å². The van der Waals surface area contributed by atoms with E-state index >= 15 is 0 Å². The van der Waals surface area contributed by atoms with Crippen LogP contribution < -0.4 is 5.73 Å². The van der Waals surface area contributed by atoms with Crippen LogP contribution in [0.15, 0.2) is 5.16 Å². The summed E-state index contributed by atoms with van der Waals surface area (Å²) in [5.74, 6) is 0.268. The van der Waals surface area contributed by atoms with Gasteiger partial charge in [-0.1, -0.05) is 25.4 Å². The first kappa shape index (κ1) is 18.2. The first-order chi connectivity index (χ1) is 9.66. The minimum Gasteiger partial charge on any atom is -0.409 e. The molecule has 1 rings (SSSR count). The summed E-state index contributed by atoms with van der Waals surface area (Å²) < 4.78 is 24.4. The van der Waals surface area contributed by atoms with Crippen molar-refractivity contribution in [3.8, 4) is 0 Å². The number of hydrogen-bond donors (Lipinski definition) is 2. The van der Waals surface area contributed by atoms with Gasteiger partial charge in [-0.25, -0.2) is 8.42 Å². The lowest BCUT2D eigenvalue weighted by Crippen LogP contribution is -2.48. The summed E-state index contributed by atoms with van der Waals surface area (Å²) in [4.78, 5) is 2.29. The number of nitrogens with zero attached hydrogens (tertiary/aromatic N) is 3. The maximum absolute atomic E-state index is 11.4. The number of unbranched alkanes of at least 4 members (excludes halogenated alkanes) is 1. The van der Waals surface area contributed by atoms with Gasteiger partial charge in [-0.3, -0.25) is 0 Å². The van der Waals surface area contributed by atoms with Crippen LogP contribution >= 0.6 is 0 Å². The molecule has 21 heavy (non-hydrogen) atoms. The van der Waals surface area contributed by atoms with E-state index in [1.807, 2.05) is 13.8 Å². The quantitative estimate of drug-likeness (QED) is 0.234. The van der Waals surface area contributed by atoms with E-state index in [9.17, 15) is 8.42 Å². The third-order valence-corrected chi connectivity index (χ3v) is 5.43. The number of oxime groups is 1. The van der Waals surface area contributed by atoms with E-state index in [-0.39, 0.29) is 11.3 Å². The molecule has 7 nitrogen and oxygen atoms in total. The Balaban J connectivity index is 2.24. The highest BCUT2D eigenvalue weighted by atomic mass is 32.2. The second-order valence-electron chi connectivity index (χ2n) is 6.33. The van der Waals surface area contributed by atoms with Crippen LogP contribution in [-0.4, -0.2) is 67.6 Å². The third-order valence-electron chi connectivity index (χ3n) is 4.13. The molecular formula is C13H28N4O3S. The Morgan fingerprint density at radius 2 is 1.81 bits per heavy atom. The van der Waals surface area contributed by atoms with E-state index in [0.717, 1.165) is 38.9 Å². The molecule has 1 aliphatic heterocycles. The first-order valence-corrected chi connectivity index (χ1v) is 9.17. The van der Waals surface area contributed by atoms with E-state index < -0.39 is 10.0 Å². The Labute approximate surface area is 127 Å². The Morgan fingerprint density at radius 1 is 1.24 bits per heavy atom. The lowest BCUT2D eigenvalue weighted by molar-refractivity contribution is 0.184. The maximum atomic E-state index is 11.4. The highest BCUT2D eigenvalue weighted by Crippen LogP contribution is 2.23. The minimum atomic E-state index is -3.05. The normalized spacial score (nSPS) is 19.9. The summed E-state index contributed by atoms with van der Waals surface area (Å²) in [6, 6.07) is 0. The van der Waals surface area contributed by atoms with Crippen LogP contribution in [0.25, 0.3) is 0 Å². The zero-order chi connectivity index (χ0) is 16.1. The molecule has 0 aromatic rings. The molecule has 1 fully saturated rings. The molecule has 8 heteroatoms. The van der Waals surface area contributed by atoms with Crippen molar-refractivity contribution in [1.29, 1.82) is 0 Å². The van der Waals surface area contributed by atoms with E-state index in [4.69, 9.17) is 10.9 Å². The fourth-order valence-electron chi connectivity index (χ4n) is 2.45. The van der Waals surface area contributed by atoms with Gasteiger partial charge in [0.15, 0.2) is 0 Å². The highest BCUT2D eigenvalue weighted by molar-refractivity contribution is 7.88. The molecule has 0 aromatic carbocycles. The van der Waals surface area contributed by atoms with Crippen molar-refractivity contribution < 1.29 is 13.6 Å². The molecule has 3 N–H and O–H groups in total. The monoisotopic (exact) mass is 320 g/mol. The average Bonchev–Trinajstić information content (AvgIpc) is 2.42. The summed E-state index contributed by atoms with van der Waals surface area (Å²) in [7, 11) is -3.05. The van der Waals surface area contributed by atoms with Crippen molar-refractivity contribution in [2.75, 3.05) is 39.0 Å². The van der Waals surface area contributed by atoms with Crippen LogP contribution in [0, 0.1) is 5.41 Å². The molecule has 0 unspecified atom stereocenters. The van der Waals surface area contributed by atoms with E-state index in [1.165, 1.54) is 10.6 Å². The fourth-order valence-corrected chi connectivity index (χ4v) is 3.28. The molecular weight excluding hydrogens is 292 g/mol. The summed E-state index contributed by atoms with van der Waals surface area (Å²) >= 11 is 0. The number of piperazine rings is 1. The lowest BCUT2D eigenvalue weighted by Gasteiger charge is -2.33. The van der Waals surface area contributed by atoms with Gasteiger partial charge in [-0.2, -0.15) is 4.31 Å². The SMILES string of the molecule is CC(C)(CCCCN1CCN(S(C)(=O)=O)CC1)C(N)=NO. The van der Waals surface area contributed by atoms with Gasteiger partial charge in [0, 0.05) is 31.6 Å². The van der Waals surface area contributed by atoms with Crippen LogP contribution in [0.3, 0.4) is 0 Å². The van der Waals surface area contributed by atoms with E-state index in [0.29, 0.717) is 13.1 Å². The smallest absolute Gasteiger partial charge is 0.211 e. The Morgan fingerprint density at radius 3 is 2.29 bits per heavy atom. The Kier molecular flexibility index (Phi) is 6.42. The first-order valence-electron chi connectivity index (χ1n) is 7.32. The Bertz CT molecular complexity index is 454. The van der Waals surface area contributed by atoms with Crippen molar-refractivity contribution in [2.45, 2.75) is 33.1 Å². The highest BCUT2D eigenvalue weighted by Gasteiger charge is 2.24. The molecule has 1 saturated heterocycles. The lowest BCUT2D eigenvalue weighted by atomic mass is 9.86. The van der Waals surface area contributed by atoms with Gasteiger partial charge >= 0.3 is 0 Å². The summed E-state index contributed by atoms with van der Waals surface area (Å²) in [5, 5.41) is 11.8. The average molecular weight is 320 g/mol.